The quantitative estimate of drug-likeness (QED) is 0.460. The number of para-hydroxylation sites is 1. The Kier molecular flexibility index (Phi) is 5.41. The average Bonchev–Trinajstić information content (AvgIpc) is 2.91. The molecule has 3 rings (SSSR count). The third-order valence-electron chi connectivity index (χ3n) is 3.71. The fraction of sp³-hybridized carbons (Fsp3) is 0.111. The van der Waals surface area contributed by atoms with Crippen LogP contribution in [0.15, 0.2) is 53.4 Å². The Bertz CT molecular complexity index is 929. The lowest BCUT2D eigenvalue weighted by atomic mass is 10.1. The molecule has 1 aliphatic rings. The van der Waals surface area contributed by atoms with Crippen molar-refractivity contribution in [3.05, 3.63) is 69.1 Å². The van der Waals surface area contributed by atoms with Crippen LogP contribution in [0.25, 0.3) is 6.08 Å². The summed E-state index contributed by atoms with van der Waals surface area (Å²) in [5.41, 5.74) is -0.134. The second-order valence-electron chi connectivity index (χ2n) is 5.50. The molecule has 9 heteroatoms. The maximum absolute atomic E-state index is 12.4. The van der Waals surface area contributed by atoms with Gasteiger partial charge in [-0.15, -0.1) is 0 Å². The topological polar surface area (TPSA) is 110 Å². The molecular weight excluding hydrogens is 372 g/mol. The number of aromatic hydroxyl groups is 1. The molecule has 0 aliphatic carbocycles. The normalized spacial score (nSPS) is 15.4. The van der Waals surface area contributed by atoms with Gasteiger partial charge in [-0.1, -0.05) is 18.2 Å². The molecule has 8 nitrogen and oxygen atoms in total. The van der Waals surface area contributed by atoms with Gasteiger partial charge in [-0.2, -0.15) is 0 Å². The van der Waals surface area contributed by atoms with E-state index in [1.165, 1.54) is 12.1 Å². The van der Waals surface area contributed by atoms with E-state index in [2.05, 4.69) is 0 Å². The highest BCUT2D eigenvalue weighted by atomic mass is 32.2. The van der Waals surface area contributed by atoms with Gasteiger partial charge >= 0.3 is 0 Å². The number of hydrogen-bond donors (Lipinski definition) is 1. The molecule has 0 unspecified atom stereocenters. The fourth-order valence-electron chi connectivity index (χ4n) is 2.38. The lowest BCUT2D eigenvalue weighted by Gasteiger charge is -2.13. The number of nitro benzene ring substituents is 1. The highest BCUT2D eigenvalue weighted by Gasteiger charge is 2.35. The zero-order valence-electron chi connectivity index (χ0n) is 13.9. The Morgan fingerprint density at radius 1 is 1.19 bits per heavy atom. The van der Waals surface area contributed by atoms with Crippen molar-refractivity contribution in [2.45, 2.75) is 0 Å². The molecule has 0 saturated carbocycles. The molecule has 2 amide bonds. The van der Waals surface area contributed by atoms with Gasteiger partial charge in [-0.25, -0.2) is 0 Å². The van der Waals surface area contributed by atoms with Crippen molar-refractivity contribution in [1.29, 1.82) is 0 Å². The van der Waals surface area contributed by atoms with Gasteiger partial charge < -0.3 is 9.84 Å². The van der Waals surface area contributed by atoms with Crippen LogP contribution in [-0.2, 0) is 4.79 Å². The molecule has 138 valence electrons. The molecular formula is C18H14N2O6S. The fourth-order valence-corrected chi connectivity index (χ4v) is 3.23. The molecule has 0 radical (unpaired) electrons. The highest BCUT2D eigenvalue weighted by Crippen LogP contribution is 2.34. The smallest absolute Gasteiger partial charge is 0.293 e. The van der Waals surface area contributed by atoms with E-state index in [1.54, 1.807) is 12.1 Å². The van der Waals surface area contributed by atoms with Crippen molar-refractivity contribution in [1.82, 2.24) is 4.90 Å². The molecule has 1 fully saturated rings. The molecule has 27 heavy (non-hydrogen) atoms. The number of rotatable bonds is 6. The zero-order chi connectivity index (χ0) is 19.4. The Hall–Kier alpha value is -3.33. The number of phenolic OH excluding ortho intramolecular Hbond substituents is 1. The molecule has 2 aromatic rings. The van der Waals surface area contributed by atoms with Crippen LogP contribution in [-0.4, -0.2) is 39.2 Å². The molecule has 1 N–H and O–H groups in total. The molecule has 1 heterocycles. The van der Waals surface area contributed by atoms with E-state index < -0.39 is 16.1 Å². The molecule has 0 spiro atoms. The number of benzene rings is 2. The summed E-state index contributed by atoms with van der Waals surface area (Å²) in [6.45, 7) is 0.204. The molecule has 0 aromatic heterocycles. The van der Waals surface area contributed by atoms with Crippen molar-refractivity contribution in [3.8, 4) is 11.5 Å². The van der Waals surface area contributed by atoms with Gasteiger partial charge in [0.05, 0.1) is 16.4 Å². The zero-order valence-corrected chi connectivity index (χ0v) is 14.7. The van der Waals surface area contributed by atoms with E-state index in [0.717, 1.165) is 17.0 Å². The van der Waals surface area contributed by atoms with Crippen LogP contribution in [0.4, 0.5) is 10.5 Å². The Morgan fingerprint density at radius 3 is 2.63 bits per heavy atom. The van der Waals surface area contributed by atoms with E-state index in [0.29, 0.717) is 17.5 Å². The number of nitro groups is 1. The van der Waals surface area contributed by atoms with E-state index in [4.69, 9.17) is 4.74 Å². The summed E-state index contributed by atoms with van der Waals surface area (Å²) < 4.78 is 5.49. The minimum absolute atomic E-state index is 0.0673. The Labute approximate surface area is 158 Å². The van der Waals surface area contributed by atoms with Crippen LogP contribution in [0, 0.1) is 10.1 Å². The second kappa shape index (κ2) is 7.92. The number of thioether (sulfide) groups is 1. The maximum Gasteiger partial charge on any atom is 0.293 e. The van der Waals surface area contributed by atoms with Crippen LogP contribution in [0.1, 0.15) is 5.56 Å². The number of non-ortho nitro benzene ring substituents is 1. The van der Waals surface area contributed by atoms with Crippen molar-refractivity contribution in [3.63, 3.8) is 0 Å². The number of nitrogens with zero attached hydrogens (tertiary/aromatic N) is 2. The summed E-state index contributed by atoms with van der Waals surface area (Å²) in [6.07, 6.45) is 1.27. The van der Waals surface area contributed by atoms with Gasteiger partial charge in [0.2, 0.25) is 0 Å². The van der Waals surface area contributed by atoms with Crippen LogP contribution >= 0.6 is 11.8 Å². The van der Waals surface area contributed by atoms with Crippen LogP contribution < -0.4 is 4.74 Å². The summed E-state index contributed by atoms with van der Waals surface area (Å²) in [6, 6.07) is 12.4. The number of carbonyl (C=O) groups is 2. The summed E-state index contributed by atoms with van der Waals surface area (Å²) >= 11 is 0.708. The summed E-state index contributed by atoms with van der Waals surface area (Å²) in [5.74, 6) is -0.131. The first-order chi connectivity index (χ1) is 13.0. The second-order valence-corrected chi connectivity index (χ2v) is 6.49. The van der Waals surface area contributed by atoms with Crippen molar-refractivity contribution in [2.75, 3.05) is 13.2 Å². The van der Waals surface area contributed by atoms with Gasteiger partial charge in [0.15, 0.2) is 0 Å². The predicted octanol–water partition coefficient (Wildman–Crippen LogP) is 3.42. The van der Waals surface area contributed by atoms with Crippen LogP contribution in [0.5, 0.6) is 11.5 Å². The lowest BCUT2D eigenvalue weighted by molar-refractivity contribution is -0.384. The van der Waals surface area contributed by atoms with E-state index in [9.17, 15) is 24.8 Å². The first-order valence-electron chi connectivity index (χ1n) is 7.86. The largest absolute Gasteiger partial charge is 0.507 e. The van der Waals surface area contributed by atoms with E-state index in [-0.39, 0.29) is 35.1 Å². The Balaban J connectivity index is 1.71. The monoisotopic (exact) mass is 386 g/mol. The van der Waals surface area contributed by atoms with Crippen molar-refractivity contribution >= 4 is 34.7 Å². The minimum Gasteiger partial charge on any atom is -0.507 e. The van der Waals surface area contributed by atoms with Gasteiger partial charge in [0.25, 0.3) is 16.8 Å². The minimum atomic E-state index is -0.608. The summed E-state index contributed by atoms with van der Waals surface area (Å²) in [4.78, 5) is 35.9. The number of ether oxygens (including phenoxy) is 1. The molecule has 1 aliphatic heterocycles. The summed E-state index contributed by atoms with van der Waals surface area (Å²) in [7, 11) is 0. The number of carbonyl (C=O) groups excluding carboxylic acids is 2. The van der Waals surface area contributed by atoms with Crippen molar-refractivity contribution in [2.24, 2.45) is 0 Å². The lowest BCUT2D eigenvalue weighted by Crippen LogP contribution is -2.32. The SMILES string of the molecule is O=C1S/C(=C\c2cc([N+](=O)[O-])ccc2O)C(=O)N1CCOc1ccccc1. The highest BCUT2D eigenvalue weighted by molar-refractivity contribution is 8.18. The van der Waals surface area contributed by atoms with Gasteiger partial charge in [0, 0.05) is 17.7 Å². The maximum atomic E-state index is 12.4. The van der Waals surface area contributed by atoms with Gasteiger partial charge in [-0.3, -0.25) is 24.6 Å². The summed E-state index contributed by atoms with van der Waals surface area (Å²) in [5, 5.41) is 20.3. The van der Waals surface area contributed by atoms with Crippen molar-refractivity contribution < 1.29 is 24.4 Å². The third kappa shape index (κ3) is 4.26. The van der Waals surface area contributed by atoms with Crippen LogP contribution in [0.2, 0.25) is 0 Å². The Morgan fingerprint density at radius 2 is 1.93 bits per heavy atom. The van der Waals surface area contributed by atoms with Gasteiger partial charge in [-0.05, 0) is 36.0 Å². The van der Waals surface area contributed by atoms with Gasteiger partial charge in [0.1, 0.15) is 18.1 Å². The van der Waals surface area contributed by atoms with E-state index in [1.807, 2.05) is 18.2 Å². The average molecular weight is 386 g/mol. The molecule has 0 bridgehead atoms. The number of phenols is 1. The first-order valence-corrected chi connectivity index (χ1v) is 8.68. The molecule has 2 aromatic carbocycles. The first kappa shape index (κ1) is 18.5. The van der Waals surface area contributed by atoms with Crippen LogP contribution in [0.3, 0.4) is 0 Å². The number of imide groups is 1. The molecule has 0 atom stereocenters. The molecule has 1 saturated heterocycles. The number of hydrogen-bond acceptors (Lipinski definition) is 7. The third-order valence-corrected chi connectivity index (χ3v) is 4.62. The van der Waals surface area contributed by atoms with E-state index >= 15 is 0 Å². The standard InChI is InChI=1S/C18H14N2O6S/c21-15-7-6-13(20(24)25)10-12(15)11-16-17(22)19(18(23)27-16)8-9-26-14-4-2-1-3-5-14/h1-7,10-11,21H,8-9H2/b16-11-. The predicted molar refractivity (Wildman–Crippen MR) is 99.4 cm³/mol. The number of amides is 2.